The first-order valence-electron chi connectivity index (χ1n) is 10.0. The van der Waals surface area contributed by atoms with Crippen LogP contribution in [-0.4, -0.2) is 46.4 Å². The molecule has 0 aliphatic carbocycles. The van der Waals surface area contributed by atoms with Gasteiger partial charge in [0.2, 0.25) is 5.91 Å². The number of pyridine rings is 1. The fourth-order valence-electron chi connectivity index (χ4n) is 3.30. The van der Waals surface area contributed by atoms with Crippen molar-refractivity contribution in [2.75, 3.05) is 26.0 Å². The Hall–Kier alpha value is -2.71. The van der Waals surface area contributed by atoms with Gasteiger partial charge in [0.1, 0.15) is 18.0 Å². The van der Waals surface area contributed by atoms with E-state index in [1.807, 2.05) is 25.1 Å². The molecular weight excluding hydrogens is 461 g/mol. The second-order valence-corrected chi connectivity index (χ2v) is 8.41. The van der Waals surface area contributed by atoms with Gasteiger partial charge >= 0.3 is 0 Å². The first kappa shape index (κ1) is 23.0. The Balaban J connectivity index is 1.87. The highest BCUT2D eigenvalue weighted by Gasteiger charge is 2.17. The summed E-state index contributed by atoms with van der Waals surface area (Å²) in [6, 6.07) is 6.97. The molecule has 1 amide bonds. The van der Waals surface area contributed by atoms with Gasteiger partial charge in [0.25, 0.3) is 0 Å². The third-order valence-electron chi connectivity index (χ3n) is 4.89. The number of nitrogens with one attached hydrogen (secondary N) is 1. The normalized spacial score (nSPS) is 12.6. The maximum Gasteiger partial charge on any atom is 0.249 e. The largest absolute Gasteiger partial charge is 0.307 e. The molecule has 1 unspecified atom stereocenters. The number of amides is 1. The minimum absolute atomic E-state index is 0.0667. The van der Waals surface area contributed by atoms with E-state index in [2.05, 4.69) is 43.1 Å². The van der Waals surface area contributed by atoms with Gasteiger partial charge in [-0.2, -0.15) is 0 Å². The summed E-state index contributed by atoms with van der Waals surface area (Å²) >= 11 is 3.20. The first-order chi connectivity index (χ1) is 14.9. The molecule has 2 aromatic heterocycles. The van der Waals surface area contributed by atoms with Crippen LogP contribution in [0.4, 0.5) is 10.2 Å². The Bertz CT molecular complexity index is 1100. The molecule has 0 aliphatic rings. The van der Waals surface area contributed by atoms with Crippen molar-refractivity contribution >= 4 is 38.6 Å². The molecule has 0 radical (unpaired) electrons. The quantitative estimate of drug-likeness (QED) is 0.467. The molecular formula is C23H25BrFN5O. The number of halogens is 2. The highest BCUT2D eigenvalue weighted by atomic mass is 79.9. The summed E-state index contributed by atoms with van der Waals surface area (Å²) in [5.74, 6) is -0.0227. The van der Waals surface area contributed by atoms with Crippen LogP contribution in [0.15, 0.2) is 53.4 Å². The summed E-state index contributed by atoms with van der Waals surface area (Å²) in [6.07, 6.45) is 7.89. The lowest BCUT2D eigenvalue weighted by molar-refractivity contribution is -0.111. The van der Waals surface area contributed by atoms with Crippen molar-refractivity contribution in [1.29, 1.82) is 0 Å². The van der Waals surface area contributed by atoms with Crippen LogP contribution in [0.3, 0.4) is 0 Å². The molecule has 1 N–H and O–H groups in total. The molecule has 0 aliphatic heterocycles. The predicted octanol–water partition coefficient (Wildman–Crippen LogP) is 4.72. The van der Waals surface area contributed by atoms with E-state index in [4.69, 9.17) is 0 Å². The second-order valence-electron chi connectivity index (χ2n) is 7.56. The van der Waals surface area contributed by atoms with Crippen LogP contribution in [-0.2, 0) is 11.2 Å². The van der Waals surface area contributed by atoms with Crippen molar-refractivity contribution in [1.82, 2.24) is 19.9 Å². The van der Waals surface area contributed by atoms with Crippen LogP contribution in [0, 0.1) is 5.82 Å². The van der Waals surface area contributed by atoms with Crippen molar-refractivity contribution < 1.29 is 9.18 Å². The monoisotopic (exact) mass is 485 g/mol. The molecule has 1 aromatic carbocycles. The summed E-state index contributed by atoms with van der Waals surface area (Å²) in [5.41, 5.74) is 2.45. The maximum absolute atomic E-state index is 14.0. The zero-order valence-electron chi connectivity index (χ0n) is 17.8. The average Bonchev–Trinajstić information content (AvgIpc) is 2.74. The molecule has 0 saturated carbocycles. The molecule has 31 heavy (non-hydrogen) atoms. The Morgan fingerprint density at radius 2 is 2.06 bits per heavy atom. The fraction of sp³-hybridized carbons (Fsp3) is 0.304. The molecule has 162 valence electrons. The van der Waals surface area contributed by atoms with E-state index in [0.29, 0.717) is 28.8 Å². The van der Waals surface area contributed by atoms with Crippen molar-refractivity contribution in [2.24, 2.45) is 0 Å². The molecule has 0 bridgehead atoms. The third-order valence-corrected chi connectivity index (χ3v) is 5.53. The van der Waals surface area contributed by atoms with E-state index in [9.17, 15) is 9.18 Å². The van der Waals surface area contributed by atoms with Gasteiger partial charge in [-0.05, 0) is 66.6 Å². The van der Waals surface area contributed by atoms with Crippen LogP contribution >= 0.6 is 15.9 Å². The van der Waals surface area contributed by atoms with Gasteiger partial charge < -0.3 is 10.2 Å². The maximum atomic E-state index is 14.0. The topological polar surface area (TPSA) is 71.0 Å². The van der Waals surface area contributed by atoms with Crippen LogP contribution in [0.1, 0.15) is 30.5 Å². The summed E-state index contributed by atoms with van der Waals surface area (Å²) in [4.78, 5) is 27.3. The first-order valence-corrected chi connectivity index (χ1v) is 10.8. The molecule has 3 aromatic rings. The SMILES string of the molecule is CCC(Cc1ccc(Br)c(F)c1)c1ncnc2cnc(NC(=O)/C=C/CN(C)C)cc12. The summed E-state index contributed by atoms with van der Waals surface area (Å²) in [5, 5.41) is 3.62. The number of nitrogens with zero attached hydrogens (tertiary/aromatic N) is 4. The number of hydrogen-bond donors (Lipinski definition) is 1. The highest BCUT2D eigenvalue weighted by molar-refractivity contribution is 9.10. The third kappa shape index (κ3) is 6.15. The van der Waals surface area contributed by atoms with Crippen LogP contribution in [0.5, 0.6) is 0 Å². The van der Waals surface area contributed by atoms with E-state index in [1.165, 1.54) is 12.4 Å². The average molecular weight is 486 g/mol. The van der Waals surface area contributed by atoms with Crippen LogP contribution < -0.4 is 5.32 Å². The molecule has 0 saturated heterocycles. The van der Waals surface area contributed by atoms with Crippen molar-refractivity contribution in [3.8, 4) is 0 Å². The lowest BCUT2D eigenvalue weighted by atomic mass is 9.91. The lowest BCUT2D eigenvalue weighted by Gasteiger charge is -2.17. The predicted molar refractivity (Wildman–Crippen MR) is 124 cm³/mol. The van der Waals surface area contributed by atoms with Gasteiger partial charge in [-0.3, -0.25) is 4.79 Å². The van der Waals surface area contributed by atoms with Gasteiger partial charge in [0, 0.05) is 23.9 Å². The number of benzene rings is 1. The Kier molecular flexibility index (Phi) is 7.81. The Morgan fingerprint density at radius 3 is 2.77 bits per heavy atom. The number of fused-ring (bicyclic) bond motifs is 1. The zero-order valence-corrected chi connectivity index (χ0v) is 19.4. The fourth-order valence-corrected chi connectivity index (χ4v) is 3.54. The number of carbonyl (C=O) groups is 1. The molecule has 0 fully saturated rings. The van der Waals surface area contributed by atoms with E-state index in [-0.39, 0.29) is 17.6 Å². The highest BCUT2D eigenvalue weighted by Crippen LogP contribution is 2.30. The minimum Gasteiger partial charge on any atom is -0.307 e. The van der Waals surface area contributed by atoms with Gasteiger partial charge in [-0.15, -0.1) is 0 Å². The molecule has 8 heteroatoms. The molecule has 1 atom stereocenters. The van der Waals surface area contributed by atoms with Crippen molar-refractivity contribution in [2.45, 2.75) is 25.7 Å². The summed E-state index contributed by atoms with van der Waals surface area (Å²) in [6.45, 7) is 2.75. The molecule has 2 heterocycles. The smallest absolute Gasteiger partial charge is 0.249 e. The summed E-state index contributed by atoms with van der Waals surface area (Å²) < 4.78 is 14.4. The number of likely N-dealkylation sites (N-methyl/N-ethyl adjacent to an activating group) is 1. The van der Waals surface area contributed by atoms with E-state index < -0.39 is 0 Å². The zero-order chi connectivity index (χ0) is 22.4. The van der Waals surface area contributed by atoms with Crippen LogP contribution in [0.2, 0.25) is 0 Å². The van der Waals surface area contributed by atoms with Crippen molar-refractivity contribution in [3.05, 3.63) is 70.5 Å². The molecule has 6 nitrogen and oxygen atoms in total. The Labute approximate surface area is 189 Å². The number of rotatable bonds is 8. The van der Waals surface area contributed by atoms with Gasteiger partial charge in [-0.1, -0.05) is 19.1 Å². The van der Waals surface area contributed by atoms with E-state index in [1.54, 1.807) is 30.5 Å². The van der Waals surface area contributed by atoms with Gasteiger partial charge in [0.15, 0.2) is 0 Å². The standard InChI is InChI=1S/C23H25BrFN5O/c1-4-16(10-15-7-8-18(24)19(25)11-15)23-17-12-21(26-13-20(17)27-14-28-23)29-22(31)6-5-9-30(2)3/h5-8,11-14,16H,4,9-10H2,1-3H3,(H,26,29,31)/b6-5+. The van der Waals surface area contributed by atoms with E-state index >= 15 is 0 Å². The number of aromatic nitrogens is 3. The number of carbonyl (C=O) groups excluding carboxylic acids is 1. The molecule has 0 spiro atoms. The van der Waals surface area contributed by atoms with Gasteiger partial charge in [-0.25, -0.2) is 19.3 Å². The number of hydrogen-bond acceptors (Lipinski definition) is 5. The van der Waals surface area contributed by atoms with Crippen molar-refractivity contribution in [3.63, 3.8) is 0 Å². The van der Waals surface area contributed by atoms with Gasteiger partial charge in [0.05, 0.1) is 21.9 Å². The van der Waals surface area contributed by atoms with Crippen LogP contribution in [0.25, 0.3) is 10.9 Å². The Morgan fingerprint density at radius 1 is 1.26 bits per heavy atom. The summed E-state index contributed by atoms with van der Waals surface area (Å²) in [7, 11) is 3.86. The molecule has 3 rings (SSSR count). The lowest BCUT2D eigenvalue weighted by Crippen LogP contribution is -2.13. The number of anilines is 1. The minimum atomic E-state index is -0.281. The van der Waals surface area contributed by atoms with E-state index in [0.717, 1.165) is 23.1 Å². The second kappa shape index (κ2) is 10.5.